The van der Waals surface area contributed by atoms with Gasteiger partial charge in [0.2, 0.25) is 0 Å². The van der Waals surface area contributed by atoms with Crippen LogP contribution in [0.25, 0.3) is 0 Å². The molecular formula is C34H73O5P2Ti. The van der Waals surface area contributed by atoms with E-state index < -0.39 is 21.6 Å². The van der Waals surface area contributed by atoms with E-state index in [1.807, 2.05) is 0 Å². The van der Waals surface area contributed by atoms with Crippen molar-refractivity contribution < 1.29 is 42.8 Å². The molecule has 0 aliphatic carbocycles. The van der Waals surface area contributed by atoms with E-state index in [1.165, 1.54) is 154 Å². The summed E-state index contributed by atoms with van der Waals surface area (Å²) in [6, 6.07) is 0. The Balaban J connectivity index is -0.000000289. The monoisotopic (exact) mass is 671 g/mol. The van der Waals surface area contributed by atoms with Crippen molar-refractivity contribution in [3.8, 4) is 0 Å². The minimum absolute atomic E-state index is 0.750. The van der Waals surface area contributed by atoms with Gasteiger partial charge in [-0.3, -0.25) is 0 Å². The molecule has 0 fully saturated rings. The van der Waals surface area contributed by atoms with Crippen LogP contribution in [0.4, 0.5) is 0 Å². The van der Waals surface area contributed by atoms with Gasteiger partial charge in [0.05, 0.1) is 15.6 Å². The summed E-state index contributed by atoms with van der Waals surface area (Å²) in [5.74, 6) is -1.08. The molecule has 0 radical (unpaired) electrons. The maximum atomic E-state index is 11.8. The summed E-state index contributed by atoms with van der Waals surface area (Å²) in [4.78, 5) is 8.89. The summed E-state index contributed by atoms with van der Waals surface area (Å²) in [6.45, 7) is 9.97. The van der Waals surface area contributed by atoms with Crippen LogP contribution in [-0.4, -0.2) is 30.6 Å². The van der Waals surface area contributed by atoms with E-state index in [9.17, 15) is 9.13 Å². The van der Waals surface area contributed by atoms with Gasteiger partial charge in [0.25, 0.3) is 0 Å². The van der Waals surface area contributed by atoms with Gasteiger partial charge in [0.15, 0.2) is 0 Å². The molecule has 0 saturated heterocycles. The molecule has 0 heterocycles. The van der Waals surface area contributed by atoms with Crippen LogP contribution >= 0.6 is 15.6 Å². The summed E-state index contributed by atoms with van der Waals surface area (Å²) in [5.41, 5.74) is 0. The van der Waals surface area contributed by atoms with E-state index in [4.69, 9.17) is 13.2 Å². The number of hydrogen-bond donors (Lipinski definition) is 0. The summed E-state index contributed by atoms with van der Waals surface area (Å²) < 4.78 is 31.9. The first-order valence-corrected chi connectivity index (χ1v) is 22.0. The topological polar surface area (TPSA) is 91.3 Å². The van der Waals surface area contributed by atoms with Crippen molar-refractivity contribution in [2.24, 2.45) is 0 Å². The number of aliphatic carboxylic acids is 1. The van der Waals surface area contributed by atoms with Gasteiger partial charge in [-0.2, -0.15) is 0 Å². The molecule has 0 spiro atoms. The third kappa shape index (κ3) is 59.8. The molecule has 0 atom stereocenters. The van der Waals surface area contributed by atoms with Crippen molar-refractivity contribution in [2.45, 2.75) is 189 Å². The van der Waals surface area contributed by atoms with E-state index in [2.05, 4.69) is 27.7 Å². The van der Waals surface area contributed by atoms with Crippen molar-refractivity contribution in [3.63, 3.8) is 0 Å². The standard InChI is InChI=1S/2C16H35OP.C2H4O2.O.Ti/c2*1-3-5-7-9-11-13-15-18(17)16-14-12-10-8-6-4-2;1-2(3)4;;/h2*18H,3-16H2,1-2H3;1H3,(H,3,4);;/q;;;;+1/p-1. The Morgan fingerprint density at radius 3 is 0.738 bits per heavy atom. The molecule has 0 aromatic carbocycles. The predicted molar refractivity (Wildman–Crippen MR) is 182 cm³/mol. The SMILES string of the molecule is CC(=O)[O-].CCCCCCCC[PH](=O)CCCCCCCC.CCCCCCCC[PH](=O)CCCCCCCC.[O]=[Ti+]. The number of carboxylic acid groups (broad SMARTS) is 1. The molecule has 0 unspecified atom stereocenters. The number of carbonyl (C=O) groups excluding carboxylic acids is 1. The van der Waals surface area contributed by atoms with Crippen LogP contribution in [0, 0.1) is 0 Å². The maximum absolute atomic E-state index is 11.8. The molecular weight excluding hydrogens is 598 g/mol. The van der Waals surface area contributed by atoms with Crippen LogP contribution in [0.1, 0.15) is 189 Å². The number of carbonyl (C=O) groups is 1. The molecule has 0 saturated carbocycles. The molecule has 0 bridgehead atoms. The Bertz CT molecular complexity index is 470. The second-order valence-electron chi connectivity index (χ2n) is 11.6. The van der Waals surface area contributed by atoms with E-state index in [-0.39, 0.29) is 0 Å². The quantitative estimate of drug-likeness (QED) is 0.0469. The average Bonchev–Trinajstić information content (AvgIpc) is 2.97. The van der Waals surface area contributed by atoms with Gasteiger partial charge in [0.1, 0.15) is 0 Å². The second kappa shape index (κ2) is 48.4. The molecule has 0 aromatic rings. The normalized spacial score (nSPS) is 10.4. The van der Waals surface area contributed by atoms with E-state index >= 15 is 0 Å². The number of rotatable bonds is 28. The zero-order valence-corrected chi connectivity index (χ0v) is 32.4. The van der Waals surface area contributed by atoms with Gasteiger partial charge in [0, 0.05) is 5.97 Å². The minimum atomic E-state index is -1.22. The molecule has 5 nitrogen and oxygen atoms in total. The van der Waals surface area contributed by atoms with E-state index in [0.29, 0.717) is 0 Å². The second-order valence-corrected chi connectivity index (χ2v) is 15.8. The van der Waals surface area contributed by atoms with Crippen LogP contribution in [0.5, 0.6) is 0 Å². The van der Waals surface area contributed by atoms with E-state index in [0.717, 1.165) is 52.0 Å². The average molecular weight is 672 g/mol. The molecule has 0 N–H and O–H groups in total. The fourth-order valence-electron chi connectivity index (χ4n) is 4.66. The van der Waals surface area contributed by atoms with Crippen LogP contribution in [-0.2, 0) is 37.7 Å². The fraction of sp³-hybridized carbons (Fsp3) is 0.971. The molecule has 253 valence electrons. The third-order valence-electron chi connectivity index (χ3n) is 7.24. The molecule has 0 amide bonds. The molecule has 0 aromatic heterocycles. The molecule has 0 aliphatic heterocycles. The summed E-state index contributed by atoms with van der Waals surface area (Å²) in [6.07, 6.45) is 35.7. The first-order valence-electron chi connectivity index (χ1n) is 17.8. The third-order valence-corrected chi connectivity index (χ3v) is 10.9. The fourth-order valence-corrected chi connectivity index (χ4v) is 7.74. The Morgan fingerprint density at radius 2 is 0.571 bits per heavy atom. The van der Waals surface area contributed by atoms with Gasteiger partial charge < -0.3 is 19.0 Å². The number of hydrogen-bond acceptors (Lipinski definition) is 5. The Labute approximate surface area is 276 Å². The zero-order valence-electron chi connectivity index (χ0n) is 28.8. The van der Waals surface area contributed by atoms with Crippen molar-refractivity contribution in [1.29, 1.82) is 0 Å². The van der Waals surface area contributed by atoms with Crippen LogP contribution in [0.15, 0.2) is 0 Å². The summed E-state index contributed by atoms with van der Waals surface area (Å²) >= 11 is 0.750. The van der Waals surface area contributed by atoms with Gasteiger partial charge in [-0.15, -0.1) is 0 Å². The van der Waals surface area contributed by atoms with Crippen molar-refractivity contribution in [2.75, 3.05) is 24.6 Å². The zero-order chi connectivity index (χ0) is 32.5. The van der Waals surface area contributed by atoms with Crippen LogP contribution < -0.4 is 5.11 Å². The molecule has 8 heteroatoms. The number of carboxylic acids is 1. The summed E-state index contributed by atoms with van der Waals surface area (Å²) in [7, 11) is -2.45. The Kier molecular flexibility index (Phi) is 56.8. The summed E-state index contributed by atoms with van der Waals surface area (Å²) in [5, 5.41) is 8.89. The molecule has 0 rings (SSSR count). The van der Waals surface area contributed by atoms with Crippen molar-refractivity contribution in [3.05, 3.63) is 0 Å². The van der Waals surface area contributed by atoms with Gasteiger partial charge in [-0.05, 0) is 57.3 Å². The first-order chi connectivity index (χ1) is 20.3. The predicted octanol–water partition coefficient (Wildman–Crippen LogP) is 11.2. The van der Waals surface area contributed by atoms with Crippen LogP contribution in [0.3, 0.4) is 0 Å². The van der Waals surface area contributed by atoms with Gasteiger partial charge in [-0.25, -0.2) is 0 Å². The van der Waals surface area contributed by atoms with Gasteiger partial charge in [-0.1, -0.05) is 156 Å². The number of unbranched alkanes of at least 4 members (excludes halogenated alkanes) is 20. The van der Waals surface area contributed by atoms with Crippen molar-refractivity contribution in [1.82, 2.24) is 0 Å². The molecule has 0 aliphatic rings. The molecule has 42 heavy (non-hydrogen) atoms. The van der Waals surface area contributed by atoms with Crippen molar-refractivity contribution >= 4 is 21.6 Å². The Hall–Kier alpha value is 0.444. The van der Waals surface area contributed by atoms with E-state index in [1.54, 1.807) is 0 Å². The van der Waals surface area contributed by atoms with Crippen LogP contribution in [0.2, 0.25) is 0 Å². The Morgan fingerprint density at radius 1 is 0.429 bits per heavy atom. The van der Waals surface area contributed by atoms with Gasteiger partial charge >= 0.3 is 23.7 Å². The first kappa shape index (κ1) is 49.3.